The van der Waals surface area contributed by atoms with Crippen molar-refractivity contribution < 1.29 is 27.8 Å². The van der Waals surface area contributed by atoms with E-state index in [0.29, 0.717) is 61.3 Å². The van der Waals surface area contributed by atoms with Crippen molar-refractivity contribution in [2.45, 2.75) is 50.5 Å². The SMILES string of the molecule is C#Cc1c(F)ccc2cc(O)cc(-c3ncc4c(N5CCCn6nc(C(=O)N(C)C)cc6C5)nc(OC[C@@]56CCCN5C[C@H](F)C6)nc4c3F)c12. The summed E-state index contributed by atoms with van der Waals surface area (Å²) >= 11 is 0. The first-order chi connectivity index (χ1) is 24.5. The van der Waals surface area contributed by atoms with Gasteiger partial charge in [-0.2, -0.15) is 15.1 Å². The monoisotopic (exact) mass is 696 g/mol. The summed E-state index contributed by atoms with van der Waals surface area (Å²) < 4.78 is 54.6. The topological polar surface area (TPSA) is 113 Å². The van der Waals surface area contributed by atoms with Gasteiger partial charge in [-0.3, -0.25) is 19.4 Å². The molecule has 1 N–H and O–H groups in total. The number of benzene rings is 2. The fourth-order valence-electron chi connectivity index (χ4n) is 7.89. The van der Waals surface area contributed by atoms with Crippen molar-refractivity contribution in [3.05, 3.63) is 65.1 Å². The van der Waals surface area contributed by atoms with Gasteiger partial charge in [0.05, 0.1) is 28.7 Å². The molecule has 2 saturated heterocycles. The molecule has 6 heterocycles. The minimum Gasteiger partial charge on any atom is -0.508 e. The van der Waals surface area contributed by atoms with E-state index in [2.05, 4.69) is 25.9 Å². The van der Waals surface area contributed by atoms with Crippen LogP contribution in [0, 0.1) is 24.0 Å². The number of nitrogens with zero attached hydrogens (tertiary/aromatic N) is 8. The summed E-state index contributed by atoms with van der Waals surface area (Å²) in [5.41, 5.74) is 0.290. The highest BCUT2D eigenvalue weighted by Crippen LogP contribution is 2.42. The van der Waals surface area contributed by atoms with Crippen LogP contribution in [0.3, 0.4) is 0 Å². The number of aromatic nitrogens is 5. The van der Waals surface area contributed by atoms with Crippen LogP contribution in [0.4, 0.5) is 19.0 Å². The maximum absolute atomic E-state index is 17.0. The van der Waals surface area contributed by atoms with Crippen molar-refractivity contribution in [1.29, 1.82) is 0 Å². The van der Waals surface area contributed by atoms with Gasteiger partial charge in [-0.15, -0.1) is 6.42 Å². The minimum absolute atomic E-state index is 0.0885. The first-order valence-corrected chi connectivity index (χ1v) is 16.9. The molecular weight excluding hydrogens is 661 g/mol. The number of anilines is 1. The number of rotatable bonds is 6. The standard InChI is InChI=1S/C37H35F3N8O3/c1-4-25-28(39)8-7-21-13-24(49)15-26(30(21)25)32-31(40)33-27(17-41-32)34(43-36(42-33)51-20-37-9-5-11-47(37)18-22(38)16-37)46-10-6-12-48-23(19-46)14-29(44-48)35(50)45(2)3/h1,7-8,13-15,17,22,49H,5-6,9-12,16,18-20H2,2-3H3/t22-,37+/m1/s1. The van der Waals surface area contributed by atoms with Crippen LogP contribution < -0.4 is 9.64 Å². The van der Waals surface area contributed by atoms with E-state index in [1.807, 2.05) is 4.90 Å². The molecule has 51 heavy (non-hydrogen) atoms. The molecular formula is C37H35F3N8O3. The Morgan fingerprint density at radius 2 is 2.00 bits per heavy atom. The van der Waals surface area contributed by atoms with Gasteiger partial charge in [0, 0.05) is 57.3 Å². The lowest BCUT2D eigenvalue weighted by Crippen LogP contribution is -2.43. The van der Waals surface area contributed by atoms with E-state index in [1.165, 1.54) is 35.4 Å². The third-order valence-electron chi connectivity index (χ3n) is 10.3. The zero-order valence-electron chi connectivity index (χ0n) is 28.2. The molecule has 3 aliphatic rings. The number of terminal acetylenes is 1. The fraction of sp³-hybridized carbons (Fsp3) is 0.378. The molecule has 0 spiro atoms. The molecule has 3 aromatic heterocycles. The molecule has 14 heteroatoms. The van der Waals surface area contributed by atoms with Gasteiger partial charge in [0.15, 0.2) is 11.5 Å². The number of carbonyl (C=O) groups excluding carboxylic acids is 1. The molecule has 0 saturated carbocycles. The van der Waals surface area contributed by atoms with E-state index in [9.17, 15) is 18.7 Å². The lowest BCUT2D eigenvalue weighted by Gasteiger charge is -2.31. The molecule has 8 rings (SSSR count). The number of hydrogen-bond acceptors (Lipinski definition) is 9. The zero-order chi connectivity index (χ0) is 35.6. The number of hydrogen-bond donors (Lipinski definition) is 1. The third kappa shape index (κ3) is 5.56. The molecule has 0 bridgehead atoms. The highest BCUT2D eigenvalue weighted by molar-refractivity contribution is 6.03. The van der Waals surface area contributed by atoms with Gasteiger partial charge >= 0.3 is 6.01 Å². The first-order valence-electron chi connectivity index (χ1n) is 16.9. The van der Waals surface area contributed by atoms with E-state index < -0.39 is 23.3 Å². The lowest BCUT2D eigenvalue weighted by atomic mass is 9.95. The third-order valence-corrected chi connectivity index (χ3v) is 10.3. The van der Waals surface area contributed by atoms with E-state index in [0.717, 1.165) is 25.1 Å². The average molecular weight is 697 g/mol. The maximum atomic E-state index is 17.0. The molecule has 3 aliphatic heterocycles. The fourth-order valence-corrected chi connectivity index (χ4v) is 7.89. The number of phenolic OH excluding ortho intramolecular Hbond substituents is 1. The minimum atomic E-state index is -0.964. The Balaban J connectivity index is 1.27. The summed E-state index contributed by atoms with van der Waals surface area (Å²) in [7, 11) is 3.33. The molecule has 11 nitrogen and oxygen atoms in total. The Morgan fingerprint density at radius 1 is 1.16 bits per heavy atom. The summed E-state index contributed by atoms with van der Waals surface area (Å²) in [4.78, 5) is 32.1. The quantitative estimate of drug-likeness (QED) is 0.243. The Bertz CT molecular complexity index is 2270. The molecule has 1 amide bonds. The van der Waals surface area contributed by atoms with Gasteiger partial charge in [0.1, 0.15) is 41.4 Å². The average Bonchev–Trinajstić information content (AvgIpc) is 3.73. The summed E-state index contributed by atoms with van der Waals surface area (Å²) in [5, 5.41) is 16.1. The Kier molecular flexibility index (Phi) is 7.98. The molecule has 5 aromatic rings. The first kappa shape index (κ1) is 32.8. The van der Waals surface area contributed by atoms with Gasteiger partial charge in [-0.25, -0.2) is 13.2 Å². The molecule has 0 radical (unpaired) electrons. The summed E-state index contributed by atoms with van der Waals surface area (Å²) in [6.07, 6.45) is 8.84. The summed E-state index contributed by atoms with van der Waals surface area (Å²) in [5.74, 6) is 0.796. The van der Waals surface area contributed by atoms with Gasteiger partial charge < -0.3 is 19.6 Å². The van der Waals surface area contributed by atoms with Gasteiger partial charge in [0.25, 0.3) is 5.91 Å². The van der Waals surface area contributed by atoms with Gasteiger partial charge in [0.2, 0.25) is 0 Å². The normalized spacial score (nSPS) is 20.3. The predicted octanol–water partition coefficient (Wildman–Crippen LogP) is 5.07. The van der Waals surface area contributed by atoms with Crippen molar-refractivity contribution in [3.8, 4) is 35.4 Å². The van der Waals surface area contributed by atoms with Crippen molar-refractivity contribution in [1.82, 2.24) is 34.5 Å². The van der Waals surface area contributed by atoms with E-state index in [1.54, 1.807) is 24.8 Å². The van der Waals surface area contributed by atoms with Crippen LogP contribution in [0.2, 0.25) is 0 Å². The zero-order valence-corrected chi connectivity index (χ0v) is 28.2. The van der Waals surface area contributed by atoms with Crippen molar-refractivity contribution in [2.75, 3.05) is 45.2 Å². The number of fused-ring (bicyclic) bond motifs is 4. The highest BCUT2D eigenvalue weighted by atomic mass is 19.1. The number of amides is 1. The van der Waals surface area contributed by atoms with Crippen LogP contribution in [0.1, 0.15) is 47.4 Å². The van der Waals surface area contributed by atoms with Crippen molar-refractivity contribution in [3.63, 3.8) is 0 Å². The van der Waals surface area contributed by atoms with Crippen molar-refractivity contribution in [2.24, 2.45) is 0 Å². The molecule has 0 unspecified atom stereocenters. The Labute approximate surface area is 291 Å². The molecule has 2 aromatic carbocycles. The van der Waals surface area contributed by atoms with Crippen LogP contribution in [0.25, 0.3) is 32.9 Å². The molecule has 2 fully saturated rings. The number of ether oxygens (including phenoxy) is 1. The van der Waals surface area contributed by atoms with Crippen LogP contribution in [0.5, 0.6) is 11.8 Å². The second kappa shape index (κ2) is 12.4. The second-order valence-corrected chi connectivity index (χ2v) is 13.8. The summed E-state index contributed by atoms with van der Waals surface area (Å²) in [6.45, 7) is 2.61. The number of halogens is 3. The largest absolute Gasteiger partial charge is 0.508 e. The van der Waals surface area contributed by atoms with Gasteiger partial charge in [-0.05, 0) is 55.5 Å². The number of phenols is 1. The number of pyridine rings is 1. The second-order valence-electron chi connectivity index (χ2n) is 13.8. The van der Waals surface area contributed by atoms with Crippen LogP contribution >= 0.6 is 0 Å². The number of aromatic hydroxyl groups is 1. The highest BCUT2D eigenvalue weighted by Gasteiger charge is 2.49. The van der Waals surface area contributed by atoms with Crippen molar-refractivity contribution >= 4 is 33.4 Å². The molecule has 0 aliphatic carbocycles. The van der Waals surface area contributed by atoms with E-state index in [-0.39, 0.29) is 52.0 Å². The number of alkyl halides is 1. The van der Waals surface area contributed by atoms with Crippen LogP contribution in [-0.2, 0) is 13.1 Å². The Hall–Kier alpha value is -5.42. The van der Waals surface area contributed by atoms with Crippen LogP contribution in [-0.4, -0.2) is 97.6 Å². The smallest absolute Gasteiger partial charge is 0.319 e. The molecule has 2 atom stereocenters. The Morgan fingerprint density at radius 3 is 2.80 bits per heavy atom. The van der Waals surface area contributed by atoms with Gasteiger partial charge in [-0.1, -0.05) is 12.0 Å². The molecule has 262 valence electrons. The maximum Gasteiger partial charge on any atom is 0.319 e. The predicted molar refractivity (Wildman–Crippen MR) is 184 cm³/mol. The van der Waals surface area contributed by atoms with E-state index in [4.69, 9.17) is 16.1 Å². The van der Waals surface area contributed by atoms with Crippen LogP contribution in [0.15, 0.2) is 36.5 Å². The number of carbonyl (C=O) groups is 1. The number of aryl methyl sites for hydroxylation is 1. The summed E-state index contributed by atoms with van der Waals surface area (Å²) in [6, 6.07) is 7.02. The lowest BCUT2D eigenvalue weighted by molar-refractivity contribution is 0.0821. The van der Waals surface area contributed by atoms with E-state index >= 15 is 4.39 Å².